The predicted molar refractivity (Wildman–Crippen MR) is 67.3 cm³/mol. The van der Waals surface area contributed by atoms with Gasteiger partial charge in [0.25, 0.3) is 5.91 Å². The molecule has 0 spiro atoms. The Hall–Kier alpha value is -2.31. The number of imide groups is 1. The van der Waals surface area contributed by atoms with Crippen LogP contribution < -0.4 is 10.6 Å². The molecule has 108 valence electrons. The van der Waals surface area contributed by atoms with Crippen LogP contribution >= 0.6 is 0 Å². The third-order valence-corrected chi connectivity index (χ3v) is 3.01. The Morgan fingerprint density at radius 3 is 2.80 bits per heavy atom. The molecule has 1 aromatic heterocycles. The molecule has 7 heteroatoms. The zero-order valence-corrected chi connectivity index (χ0v) is 11.0. The minimum atomic E-state index is -0.665. The van der Waals surface area contributed by atoms with Gasteiger partial charge in [0, 0.05) is 0 Å². The van der Waals surface area contributed by atoms with E-state index in [4.69, 9.17) is 9.15 Å². The van der Waals surface area contributed by atoms with Crippen molar-refractivity contribution in [2.45, 2.75) is 19.9 Å². The first kappa shape index (κ1) is 14.1. The largest absolute Gasteiger partial charge is 0.467 e. The molecule has 1 aromatic rings. The molecule has 0 saturated heterocycles. The smallest absolute Gasteiger partial charge is 0.321 e. The van der Waals surface area contributed by atoms with E-state index in [2.05, 4.69) is 10.6 Å². The number of furan rings is 1. The van der Waals surface area contributed by atoms with Crippen LogP contribution in [-0.4, -0.2) is 24.5 Å². The molecule has 0 radical (unpaired) electrons. The second kappa shape index (κ2) is 6.23. The van der Waals surface area contributed by atoms with E-state index >= 15 is 0 Å². The van der Waals surface area contributed by atoms with Gasteiger partial charge in [-0.05, 0) is 24.5 Å². The Labute approximate surface area is 115 Å². The predicted octanol–water partition coefficient (Wildman–Crippen LogP) is 0.805. The lowest BCUT2D eigenvalue weighted by atomic mass is 10.3. The number of rotatable bonds is 5. The van der Waals surface area contributed by atoms with Gasteiger partial charge in [0.15, 0.2) is 6.61 Å². The minimum Gasteiger partial charge on any atom is -0.467 e. The Kier molecular flexibility index (Phi) is 4.39. The van der Waals surface area contributed by atoms with Crippen LogP contribution in [0.1, 0.15) is 19.1 Å². The van der Waals surface area contributed by atoms with Crippen molar-refractivity contribution in [3.8, 4) is 0 Å². The van der Waals surface area contributed by atoms with Gasteiger partial charge in [0.2, 0.25) is 0 Å². The van der Waals surface area contributed by atoms with E-state index in [1.165, 1.54) is 6.26 Å². The topological polar surface area (TPSA) is 97.6 Å². The lowest BCUT2D eigenvalue weighted by molar-refractivity contribution is -0.149. The van der Waals surface area contributed by atoms with Crippen molar-refractivity contribution in [3.05, 3.63) is 24.2 Å². The maximum absolute atomic E-state index is 11.4. The number of amides is 3. The Balaban J connectivity index is 1.61. The normalized spacial score (nSPS) is 20.1. The van der Waals surface area contributed by atoms with E-state index in [1.807, 2.05) is 6.92 Å². The van der Waals surface area contributed by atoms with Gasteiger partial charge in [-0.2, -0.15) is 0 Å². The van der Waals surface area contributed by atoms with E-state index in [0.717, 1.165) is 6.42 Å². The van der Waals surface area contributed by atoms with Gasteiger partial charge in [-0.1, -0.05) is 6.92 Å². The van der Waals surface area contributed by atoms with Gasteiger partial charge in [0.05, 0.1) is 18.7 Å². The second-order valence-electron chi connectivity index (χ2n) is 4.74. The Morgan fingerprint density at radius 2 is 2.20 bits per heavy atom. The Bertz CT molecular complexity index is 497. The summed E-state index contributed by atoms with van der Waals surface area (Å²) in [5.41, 5.74) is 0. The molecule has 1 fully saturated rings. The fraction of sp³-hybridized carbons (Fsp3) is 0.462. The lowest BCUT2D eigenvalue weighted by Gasteiger charge is -2.06. The van der Waals surface area contributed by atoms with Gasteiger partial charge in [-0.25, -0.2) is 4.79 Å². The highest BCUT2D eigenvalue weighted by Gasteiger charge is 2.40. The first-order chi connectivity index (χ1) is 9.56. The zero-order chi connectivity index (χ0) is 14.5. The standard InChI is InChI=1S/C13H16N2O5/c1-8-5-10(8)12(17)20-7-11(16)15-13(18)14-6-9-3-2-4-19-9/h2-4,8,10H,5-7H2,1H3,(H2,14,15,16,18)/t8-,10-/m1/s1. The van der Waals surface area contributed by atoms with Gasteiger partial charge in [0.1, 0.15) is 5.76 Å². The number of carbonyl (C=O) groups is 3. The molecule has 7 nitrogen and oxygen atoms in total. The molecular formula is C13H16N2O5. The number of urea groups is 1. The third-order valence-electron chi connectivity index (χ3n) is 3.01. The van der Waals surface area contributed by atoms with E-state index in [-0.39, 0.29) is 18.4 Å². The van der Waals surface area contributed by atoms with E-state index in [9.17, 15) is 14.4 Å². The van der Waals surface area contributed by atoms with Crippen LogP contribution in [0.15, 0.2) is 22.8 Å². The van der Waals surface area contributed by atoms with E-state index < -0.39 is 18.5 Å². The summed E-state index contributed by atoms with van der Waals surface area (Å²) in [6, 6.07) is 2.72. The summed E-state index contributed by atoms with van der Waals surface area (Å²) in [5, 5.41) is 4.50. The van der Waals surface area contributed by atoms with Crippen LogP contribution in [0.2, 0.25) is 0 Å². The maximum atomic E-state index is 11.4. The van der Waals surface area contributed by atoms with Gasteiger partial charge < -0.3 is 14.5 Å². The summed E-state index contributed by atoms with van der Waals surface area (Å²) in [6.07, 6.45) is 2.28. The molecule has 0 unspecified atom stereocenters. The molecule has 2 rings (SSSR count). The van der Waals surface area contributed by atoms with Crippen LogP contribution in [0.25, 0.3) is 0 Å². The zero-order valence-electron chi connectivity index (χ0n) is 11.0. The molecule has 0 aliphatic heterocycles. The van der Waals surface area contributed by atoms with Gasteiger partial charge >= 0.3 is 12.0 Å². The van der Waals surface area contributed by atoms with Crippen LogP contribution in [-0.2, 0) is 20.9 Å². The van der Waals surface area contributed by atoms with Gasteiger partial charge in [-0.15, -0.1) is 0 Å². The van der Waals surface area contributed by atoms with Crippen LogP contribution in [0, 0.1) is 11.8 Å². The molecular weight excluding hydrogens is 264 g/mol. The summed E-state index contributed by atoms with van der Waals surface area (Å²) in [7, 11) is 0. The van der Waals surface area contributed by atoms with Crippen molar-refractivity contribution in [1.82, 2.24) is 10.6 Å². The number of nitrogens with one attached hydrogen (secondary N) is 2. The lowest BCUT2D eigenvalue weighted by Crippen LogP contribution is -2.41. The van der Waals surface area contributed by atoms with Gasteiger partial charge in [-0.3, -0.25) is 14.9 Å². The molecule has 1 aliphatic rings. The van der Waals surface area contributed by atoms with Crippen molar-refractivity contribution in [1.29, 1.82) is 0 Å². The summed E-state index contributed by atoms with van der Waals surface area (Å²) in [4.78, 5) is 34.1. The minimum absolute atomic E-state index is 0.101. The molecule has 1 aliphatic carbocycles. The summed E-state index contributed by atoms with van der Waals surface area (Å²) in [6.45, 7) is 1.66. The molecule has 1 saturated carbocycles. The average molecular weight is 280 g/mol. The average Bonchev–Trinajstić information content (AvgIpc) is 2.92. The first-order valence-electron chi connectivity index (χ1n) is 6.33. The third kappa shape index (κ3) is 4.11. The molecule has 0 bridgehead atoms. The SMILES string of the molecule is C[C@@H]1C[C@H]1C(=O)OCC(=O)NC(=O)NCc1ccco1. The maximum Gasteiger partial charge on any atom is 0.321 e. The van der Waals surface area contributed by atoms with E-state index in [0.29, 0.717) is 11.7 Å². The molecule has 2 N–H and O–H groups in total. The van der Waals surface area contributed by atoms with Crippen LogP contribution in [0.5, 0.6) is 0 Å². The number of hydrogen-bond donors (Lipinski definition) is 2. The van der Waals surface area contributed by atoms with Crippen molar-refractivity contribution in [3.63, 3.8) is 0 Å². The van der Waals surface area contributed by atoms with Crippen molar-refractivity contribution >= 4 is 17.9 Å². The first-order valence-corrected chi connectivity index (χ1v) is 6.33. The molecule has 1 heterocycles. The number of ether oxygens (including phenoxy) is 1. The molecule has 0 aromatic carbocycles. The molecule has 3 amide bonds. The Morgan fingerprint density at radius 1 is 1.45 bits per heavy atom. The highest BCUT2D eigenvalue weighted by molar-refractivity contribution is 5.95. The highest BCUT2D eigenvalue weighted by atomic mass is 16.5. The monoisotopic (exact) mass is 280 g/mol. The number of carbonyl (C=O) groups excluding carboxylic acids is 3. The van der Waals surface area contributed by atoms with Crippen LogP contribution in [0.3, 0.4) is 0 Å². The van der Waals surface area contributed by atoms with Crippen molar-refractivity contribution in [2.24, 2.45) is 11.8 Å². The fourth-order valence-electron chi connectivity index (χ4n) is 1.68. The summed E-state index contributed by atoms with van der Waals surface area (Å²) in [5.74, 6) is -0.258. The van der Waals surface area contributed by atoms with Crippen LogP contribution in [0.4, 0.5) is 4.79 Å². The van der Waals surface area contributed by atoms with Crippen molar-refractivity contribution in [2.75, 3.05) is 6.61 Å². The number of esters is 1. The van der Waals surface area contributed by atoms with Crippen molar-refractivity contribution < 1.29 is 23.5 Å². The summed E-state index contributed by atoms with van der Waals surface area (Å²) >= 11 is 0. The quantitative estimate of drug-likeness (QED) is 0.778. The second-order valence-corrected chi connectivity index (χ2v) is 4.74. The van der Waals surface area contributed by atoms with E-state index in [1.54, 1.807) is 12.1 Å². The highest BCUT2D eigenvalue weighted by Crippen LogP contribution is 2.38. The molecule has 2 atom stereocenters. The number of hydrogen-bond acceptors (Lipinski definition) is 5. The fourth-order valence-corrected chi connectivity index (χ4v) is 1.68. The molecule has 20 heavy (non-hydrogen) atoms. The summed E-state index contributed by atoms with van der Waals surface area (Å²) < 4.78 is 9.81.